The maximum Gasteiger partial charge on any atom is 0.188 e. The third-order valence-corrected chi connectivity index (χ3v) is 11.9. The van der Waals surface area contributed by atoms with Crippen molar-refractivity contribution < 1.29 is 4.74 Å². The van der Waals surface area contributed by atoms with Crippen molar-refractivity contribution in [1.29, 1.82) is 0 Å². The highest BCUT2D eigenvalue weighted by molar-refractivity contribution is 7.20. The maximum absolute atomic E-state index is 6.78. The summed E-state index contributed by atoms with van der Waals surface area (Å²) < 4.78 is 6.78. The summed E-state index contributed by atoms with van der Waals surface area (Å²) in [7, 11) is -2.72. The van der Waals surface area contributed by atoms with E-state index in [1.807, 2.05) is 18.3 Å². The highest BCUT2D eigenvalue weighted by Gasteiger charge is 2.48. The van der Waals surface area contributed by atoms with Crippen LogP contribution in [0.4, 0.5) is 0 Å². The molecule has 1 aromatic heterocycles. The molecule has 0 fully saturated rings. The number of aromatic nitrogens is 1. The van der Waals surface area contributed by atoms with Gasteiger partial charge in [0.05, 0.1) is 5.69 Å². The lowest BCUT2D eigenvalue weighted by atomic mass is 10.1. The van der Waals surface area contributed by atoms with E-state index in [1.54, 1.807) is 0 Å². The first-order chi connectivity index (χ1) is 17.5. The van der Waals surface area contributed by atoms with Crippen LogP contribution in [0.2, 0.25) is 0 Å². The predicted molar refractivity (Wildman–Crippen MR) is 152 cm³/mol. The van der Waals surface area contributed by atoms with Gasteiger partial charge in [0.2, 0.25) is 0 Å². The molecule has 1 aliphatic heterocycles. The average molecular weight is 484 g/mol. The first-order valence-electron chi connectivity index (χ1n) is 12.5. The molecule has 176 valence electrons. The minimum absolute atomic E-state index is 0.928. The van der Waals surface area contributed by atoms with Gasteiger partial charge >= 0.3 is 0 Å². The molecule has 1 aliphatic rings. The van der Waals surface area contributed by atoms with Crippen LogP contribution >= 0.6 is 0 Å². The van der Waals surface area contributed by atoms with Crippen molar-refractivity contribution in [3.05, 3.63) is 126 Å². The van der Waals surface area contributed by atoms with Gasteiger partial charge in [0, 0.05) is 11.8 Å². The third kappa shape index (κ3) is 3.50. The van der Waals surface area contributed by atoms with Crippen LogP contribution in [0.5, 0.6) is 11.5 Å². The molecule has 36 heavy (non-hydrogen) atoms. The van der Waals surface area contributed by atoms with Crippen molar-refractivity contribution in [2.24, 2.45) is 0 Å². The molecule has 0 unspecified atom stereocenters. The smallest absolute Gasteiger partial charge is 0.188 e. The third-order valence-electron chi connectivity index (χ3n) is 7.17. The molecule has 4 aromatic carbocycles. The minimum atomic E-state index is -2.72. The Morgan fingerprint density at radius 2 is 1.17 bits per heavy atom. The van der Waals surface area contributed by atoms with Gasteiger partial charge < -0.3 is 4.74 Å². The highest BCUT2D eigenvalue weighted by Crippen LogP contribution is 2.36. The predicted octanol–water partition coefficient (Wildman–Crippen LogP) is 5.47. The molecule has 0 atom stereocenters. The van der Waals surface area contributed by atoms with Crippen molar-refractivity contribution in [3.8, 4) is 22.8 Å². The van der Waals surface area contributed by atoms with Gasteiger partial charge in [-0.2, -0.15) is 0 Å². The highest BCUT2D eigenvalue weighted by atomic mass is 28.3. The Balaban J connectivity index is 1.81. The number of hydrogen-bond donors (Lipinski definition) is 0. The molecule has 0 aliphatic carbocycles. The Hall–Kier alpha value is -3.95. The first kappa shape index (κ1) is 22.5. The van der Waals surface area contributed by atoms with Gasteiger partial charge in [-0.3, -0.25) is 4.98 Å². The molecule has 3 heteroatoms. The Labute approximate surface area is 214 Å². The van der Waals surface area contributed by atoms with Crippen LogP contribution < -0.4 is 25.5 Å². The topological polar surface area (TPSA) is 22.1 Å². The Morgan fingerprint density at radius 1 is 0.583 bits per heavy atom. The second kappa shape index (κ2) is 8.61. The minimum Gasteiger partial charge on any atom is -0.457 e. The number of pyridine rings is 1. The van der Waals surface area contributed by atoms with Crippen molar-refractivity contribution in [2.75, 3.05) is 0 Å². The summed E-state index contributed by atoms with van der Waals surface area (Å²) in [5.74, 6) is 1.87. The summed E-state index contributed by atoms with van der Waals surface area (Å²) in [4.78, 5) is 4.70. The standard InChI is InChI=1S/C33H29NOSi/c1-22-16-23(2)19-26(18-22)36(27-20-24(3)17-25(4)21-27)31-13-6-5-12-30(31)35-33-28(10-9-14-32(33)36)29-11-7-8-15-34-29/h5-21H,1-4H3. The van der Waals surface area contributed by atoms with Gasteiger partial charge in [-0.25, -0.2) is 0 Å². The maximum atomic E-state index is 6.78. The summed E-state index contributed by atoms with van der Waals surface area (Å²) in [6.07, 6.45) is 1.85. The molecule has 0 amide bonds. The van der Waals surface area contributed by atoms with Crippen LogP contribution in [0.15, 0.2) is 103 Å². The largest absolute Gasteiger partial charge is 0.457 e. The first-order valence-corrected chi connectivity index (χ1v) is 14.5. The number of fused-ring (bicyclic) bond motifs is 2. The summed E-state index contributed by atoms with van der Waals surface area (Å²) in [6.45, 7) is 8.82. The lowest BCUT2D eigenvalue weighted by Gasteiger charge is -2.40. The second-order valence-corrected chi connectivity index (χ2v) is 13.7. The van der Waals surface area contributed by atoms with Crippen molar-refractivity contribution >= 4 is 28.8 Å². The van der Waals surface area contributed by atoms with E-state index in [0.717, 1.165) is 22.8 Å². The number of aryl methyl sites for hydroxylation is 4. The van der Waals surface area contributed by atoms with Crippen LogP contribution in [0.25, 0.3) is 11.3 Å². The van der Waals surface area contributed by atoms with Crippen LogP contribution in [0.1, 0.15) is 22.3 Å². The van der Waals surface area contributed by atoms with Crippen LogP contribution in [-0.2, 0) is 0 Å². The van der Waals surface area contributed by atoms with E-state index in [4.69, 9.17) is 9.72 Å². The van der Waals surface area contributed by atoms with Gasteiger partial charge in [-0.15, -0.1) is 0 Å². The fraction of sp³-hybridized carbons (Fsp3) is 0.121. The number of para-hydroxylation sites is 2. The van der Waals surface area contributed by atoms with Crippen molar-refractivity contribution in [3.63, 3.8) is 0 Å². The van der Waals surface area contributed by atoms with E-state index in [9.17, 15) is 0 Å². The fourth-order valence-electron chi connectivity index (χ4n) is 5.96. The van der Waals surface area contributed by atoms with Crippen molar-refractivity contribution in [2.45, 2.75) is 27.7 Å². The summed E-state index contributed by atoms with van der Waals surface area (Å²) >= 11 is 0. The molecule has 0 saturated carbocycles. The second-order valence-electron chi connectivity index (χ2n) is 10.00. The van der Waals surface area contributed by atoms with E-state index in [2.05, 4.69) is 113 Å². The molecule has 0 N–H and O–H groups in total. The molecular formula is C33H29NOSi. The van der Waals surface area contributed by atoms with Gasteiger partial charge in [0.15, 0.2) is 8.07 Å². The van der Waals surface area contributed by atoms with E-state index in [0.29, 0.717) is 0 Å². The molecule has 6 rings (SSSR count). The van der Waals surface area contributed by atoms with Crippen LogP contribution in [0, 0.1) is 27.7 Å². The van der Waals surface area contributed by atoms with Crippen LogP contribution in [0.3, 0.4) is 0 Å². The summed E-state index contributed by atoms with van der Waals surface area (Å²) in [5.41, 5.74) is 7.10. The summed E-state index contributed by atoms with van der Waals surface area (Å²) in [5, 5.41) is 5.35. The Kier molecular flexibility index (Phi) is 5.38. The average Bonchev–Trinajstić information content (AvgIpc) is 2.86. The zero-order valence-electron chi connectivity index (χ0n) is 21.2. The number of ether oxygens (including phenoxy) is 1. The van der Waals surface area contributed by atoms with Crippen LogP contribution in [-0.4, -0.2) is 13.1 Å². The van der Waals surface area contributed by atoms with E-state index in [1.165, 1.54) is 43.0 Å². The van der Waals surface area contributed by atoms with Gasteiger partial charge in [0.1, 0.15) is 11.5 Å². The quantitative estimate of drug-likeness (QED) is 0.312. The Bertz CT molecular complexity index is 1510. The zero-order valence-corrected chi connectivity index (χ0v) is 22.2. The van der Waals surface area contributed by atoms with Crippen molar-refractivity contribution in [1.82, 2.24) is 4.98 Å². The number of hydrogen-bond acceptors (Lipinski definition) is 2. The Morgan fingerprint density at radius 3 is 1.78 bits per heavy atom. The lowest BCUT2D eigenvalue weighted by molar-refractivity contribution is 0.488. The van der Waals surface area contributed by atoms with Gasteiger partial charge in [-0.1, -0.05) is 95.1 Å². The molecule has 0 radical (unpaired) electrons. The number of rotatable bonds is 3. The normalized spacial score (nSPS) is 13.4. The molecule has 0 saturated heterocycles. The summed E-state index contributed by atoms with van der Waals surface area (Å²) in [6, 6.07) is 35.4. The molecule has 5 aromatic rings. The molecule has 0 bridgehead atoms. The lowest BCUT2D eigenvalue weighted by Crippen LogP contribution is -2.76. The molecule has 2 nitrogen and oxygen atoms in total. The zero-order chi connectivity index (χ0) is 24.9. The van der Waals surface area contributed by atoms with E-state index < -0.39 is 8.07 Å². The monoisotopic (exact) mass is 483 g/mol. The van der Waals surface area contributed by atoms with E-state index >= 15 is 0 Å². The SMILES string of the molecule is Cc1cc(C)cc([Si]2(c3cc(C)cc(C)c3)c3ccccc3Oc3c(-c4ccccn4)cccc32)c1. The number of benzene rings is 4. The number of nitrogens with zero attached hydrogens (tertiary/aromatic N) is 1. The molecular weight excluding hydrogens is 454 g/mol. The van der Waals surface area contributed by atoms with E-state index in [-0.39, 0.29) is 0 Å². The van der Waals surface area contributed by atoms with Gasteiger partial charge in [0.25, 0.3) is 0 Å². The molecule has 2 heterocycles. The molecule has 0 spiro atoms. The fourth-order valence-corrected chi connectivity index (χ4v) is 11.3. The van der Waals surface area contributed by atoms with Gasteiger partial charge in [-0.05, 0) is 72.7 Å².